The zero-order chi connectivity index (χ0) is 22.6. The molecule has 0 aliphatic heterocycles. The summed E-state index contributed by atoms with van der Waals surface area (Å²) in [6.07, 6.45) is 3.14. The number of pyridine rings is 1. The van der Waals surface area contributed by atoms with Crippen molar-refractivity contribution in [1.82, 2.24) is 14.5 Å². The van der Waals surface area contributed by atoms with Crippen LogP contribution < -0.4 is 16.0 Å². The first kappa shape index (κ1) is 23.4. The molecule has 0 aliphatic carbocycles. The van der Waals surface area contributed by atoms with E-state index < -0.39 is 17.1 Å². The fourth-order valence-electron chi connectivity index (χ4n) is 3.53. The summed E-state index contributed by atoms with van der Waals surface area (Å²) in [5.41, 5.74) is 0.149. The van der Waals surface area contributed by atoms with E-state index in [-0.39, 0.29) is 23.2 Å². The average Bonchev–Trinajstić information content (AvgIpc) is 3.18. The van der Waals surface area contributed by atoms with Gasteiger partial charge in [-0.3, -0.25) is 9.78 Å². The van der Waals surface area contributed by atoms with Gasteiger partial charge < -0.3 is 9.72 Å². The third kappa shape index (κ3) is 3.95. The fourth-order valence-corrected chi connectivity index (χ4v) is 5.28. The van der Waals surface area contributed by atoms with Gasteiger partial charge in [0, 0.05) is 31.9 Å². The van der Waals surface area contributed by atoms with Crippen LogP contribution in [0.4, 0.5) is 4.39 Å². The molecule has 0 unspecified atom stereocenters. The third-order valence-electron chi connectivity index (χ3n) is 5.02. The monoisotopic (exact) mass is 567 g/mol. The highest BCUT2D eigenvalue weighted by molar-refractivity contribution is 9.10. The number of aromatic amines is 1. The molecule has 11 heteroatoms. The molecule has 5 rings (SSSR count). The standard InChI is InChI=1S/C22H12BrClFN3O3S.ClH/c1-31-18-5-13(14(24)6-15(18)25)19-7-16-20(32-19)21(29)28(22(30)27-16)17-9-26-8-10-2-3-11(23)4-12(10)17;/h2-9H,1H3,(H,27,30);1H. The number of benzene rings is 2. The van der Waals surface area contributed by atoms with Gasteiger partial charge in [0.25, 0.3) is 5.56 Å². The van der Waals surface area contributed by atoms with E-state index in [1.807, 2.05) is 18.2 Å². The van der Waals surface area contributed by atoms with E-state index in [0.29, 0.717) is 31.7 Å². The van der Waals surface area contributed by atoms with E-state index in [4.69, 9.17) is 16.3 Å². The van der Waals surface area contributed by atoms with Crippen LogP contribution in [0.2, 0.25) is 5.02 Å². The molecule has 0 saturated carbocycles. The van der Waals surface area contributed by atoms with Gasteiger partial charge in [-0.25, -0.2) is 13.8 Å². The van der Waals surface area contributed by atoms with Crippen molar-refractivity contribution in [3.8, 4) is 21.9 Å². The molecule has 33 heavy (non-hydrogen) atoms. The van der Waals surface area contributed by atoms with E-state index >= 15 is 0 Å². The fraction of sp³-hybridized carbons (Fsp3) is 0.0455. The number of hydrogen-bond donors (Lipinski definition) is 1. The largest absolute Gasteiger partial charge is 0.494 e. The average molecular weight is 569 g/mol. The van der Waals surface area contributed by atoms with Crippen LogP contribution >= 0.6 is 51.3 Å². The summed E-state index contributed by atoms with van der Waals surface area (Å²) in [7, 11) is 1.35. The molecule has 0 atom stereocenters. The smallest absolute Gasteiger partial charge is 0.333 e. The quantitative estimate of drug-likeness (QED) is 0.292. The number of fused-ring (bicyclic) bond motifs is 2. The second-order valence-corrected chi connectivity index (χ2v) is 9.29. The Balaban J connectivity index is 0.00000259. The van der Waals surface area contributed by atoms with E-state index in [1.54, 1.807) is 12.3 Å². The number of nitrogens with zero attached hydrogens (tertiary/aromatic N) is 2. The minimum Gasteiger partial charge on any atom is -0.494 e. The highest BCUT2D eigenvalue weighted by Gasteiger charge is 2.18. The Labute approximate surface area is 209 Å². The van der Waals surface area contributed by atoms with E-state index in [9.17, 15) is 14.0 Å². The second kappa shape index (κ2) is 8.90. The van der Waals surface area contributed by atoms with Crippen molar-refractivity contribution in [1.29, 1.82) is 0 Å². The predicted octanol–water partition coefficient (Wildman–Crippen LogP) is 5.94. The summed E-state index contributed by atoms with van der Waals surface area (Å²) in [4.78, 5) is 33.8. The van der Waals surface area contributed by atoms with Crippen LogP contribution in [-0.2, 0) is 0 Å². The molecule has 6 nitrogen and oxygen atoms in total. The van der Waals surface area contributed by atoms with Crippen molar-refractivity contribution < 1.29 is 9.13 Å². The molecule has 168 valence electrons. The Hall–Kier alpha value is -2.72. The highest BCUT2D eigenvalue weighted by atomic mass is 79.9. The Kier molecular flexibility index (Phi) is 6.32. The van der Waals surface area contributed by atoms with Crippen LogP contribution in [0.1, 0.15) is 0 Å². The van der Waals surface area contributed by atoms with Crippen LogP contribution in [0.5, 0.6) is 5.75 Å². The van der Waals surface area contributed by atoms with Crippen molar-refractivity contribution >= 4 is 72.3 Å². The first-order chi connectivity index (χ1) is 15.4. The number of aromatic nitrogens is 3. The third-order valence-corrected chi connectivity index (χ3v) is 6.99. The number of ether oxygens (including phenoxy) is 1. The Morgan fingerprint density at radius 1 is 1.18 bits per heavy atom. The zero-order valence-electron chi connectivity index (χ0n) is 16.7. The van der Waals surface area contributed by atoms with Gasteiger partial charge in [0.1, 0.15) is 4.70 Å². The molecule has 1 N–H and O–H groups in total. The minimum absolute atomic E-state index is 0. The predicted molar refractivity (Wildman–Crippen MR) is 135 cm³/mol. The Bertz CT molecular complexity index is 1670. The number of H-pyrrole nitrogens is 1. The van der Waals surface area contributed by atoms with Crippen LogP contribution in [-0.4, -0.2) is 21.6 Å². The Morgan fingerprint density at radius 3 is 2.73 bits per heavy atom. The summed E-state index contributed by atoms with van der Waals surface area (Å²) >= 11 is 10.8. The van der Waals surface area contributed by atoms with Crippen molar-refractivity contribution in [2.24, 2.45) is 0 Å². The number of halogens is 4. The molecule has 0 radical (unpaired) electrons. The maximum absolute atomic E-state index is 13.9. The van der Waals surface area contributed by atoms with Crippen LogP contribution in [0.3, 0.4) is 0 Å². The van der Waals surface area contributed by atoms with E-state index in [1.165, 1.54) is 19.4 Å². The highest BCUT2D eigenvalue weighted by Crippen LogP contribution is 2.38. The number of thiophene rings is 1. The second-order valence-electron chi connectivity index (χ2n) is 6.91. The van der Waals surface area contributed by atoms with Gasteiger partial charge in [-0.2, -0.15) is 0 Å². The lowest BCUT2D eigenvalue weighted by atomic mass is 10.1. The van der Waals surface area contributed by atoms with Crippen LogP contribution in [0.15, 0.2) is 62.9 Å². The molecule has 3 heterocycles. The SMILES string of the molecule is COc1cc(-c2cc3[nH]c(=O)n(-c4cncc5ccc(Br)cc45)c(=O)c3s2)c(Cl)cc1F.Cl. The van der Waals surface area contributed by atoms with Gasteiger partial charge in [-0.1, -0.05) is 33.6 Å². The van der Waals surface area contributed by atoms with Crippen molar-refractivity contribution in [3.05, 3.63) is 84.9 Å². The lowest BCUT2D eigenvalue weighted by molar-refractivity contribution is 0.387. The molecule has 2 aromatic carbocycles. The summed E-state index contributed by atoms with van der Waals surface area (Å²) in [5, 5.41) is 1.65. The molecule has 0 aliphatic rings. The summed E-state index contributed by atoms with van der Waals surface area (Å²) < 4.78 is 21.2. The van der Waals surface area contributed by atoms with Gasteiger partial charge in [-0.15, -0.1) is 23.7 Å². The lowest BCUT2D eigenvalue weighted by Gasteiger charge is -2.08. The van der Waals surface area contributed by atoms with Crippen molar-refractivity contribution in [3.63, 3.8) is 0 Å². The maximum atomic E-state index is 13.9. The number of rotatable bonds is 3. The molecule has 0 amide bonds. The molecule has 3 aromatic heterocycles. The first-order valence-corrected chi connectivity index (χ1v) is 11.2. The van der Waals surface area contributed by atoms with Gasteiger partial charge in [0.15, 0.2) is 11.6 Å². The zero-order valence-corrected chi connectivity index (χ0v) is 20.7. The van der Waals surface area contributed by atoms with Crippen LogP contribution in [0, 0.1) is 5.82 Å². The normalized spacial score (nSPS) is 11.0. The topological polar surface area (TPSA) is 77.0 Å². The molecule has 0 bridgehead atoms. The summed E-state index contributed by atoms with van der Waals surface area (Å²) in [5.74, 6) is -0.562. The number of hydrogen-bond acceptors (Lipinski definition) is 5. The minimum atomic E-state index is -0.594. The first-order valence-electron chi connectivity index (χ1n) is 9.23. The lowest BCUT2D eigenvalue weighted by Crippen LogP contribution is -2.33. The molecule has 0 spiro atoms. The van der Waals surface area contributed by atoms with Gasteiger partial charge in [0.05, 0.1) is 29.5 Å². The Morgan fingerprint density at radius 2 is 1.97 bits per heavy atom. The maximum Gasteiger partial charge on any atom is 0.333 e. The molecule has 5 aromatic rings. The molecule has 0 fully saturated rings. The van der Waals surface area contributed by atoms with Crippen molar-refractivity contribution in [2.75, 3.05) is 7.11 Å². The van der Waals surface area contributed by atoms with Crippen LogP contribution in [0.25, 0.3) is 37.1 Å². The molecular weight excluding hydrogens is 556 g/mol. The van der Waals surface area contributed by atoms with E-state index in [0.717, 1.165) is 31.8 Å². The van der Waals surface area contributed by atoms with E-state index in [2.05, 4.69) is 25.9 Å². The molecule has 0 saturated heterocycles. The number of methoxy groups -OCH3 is 1. The summed E-state index contributed by atoms with van der Waals surface area (Å²) in [6.45, 7) is 0. The van der Waals surface area contributed by atoms with Gasteiger partial charge in [-0.05, 0) is 30.3 Å². The van der Waals surface area contributed by atoms with Gasteiger partial charge >= 0.3 is 5.69 Å². The molecular formula is C22H13BrCl2FN3O3S. The van der Waals surface area contributed by atoms with Crippen molar-refractivity contribution in [2.45, 2.75) is 0 Å². The van der Waals surface area contributed by atoms with Gasteiger partial charge in [0.2, 0.25) is 0 Å². The summed E-state index contributed by atoms with van der Waals surface area (Å²) in [6, 6.07) is 9.79. The number of nitrogens with one attached hydrogen (secondary N) is 1.